The van der Waals surface area contributed by atoms with E-state index in [0.717, 1.165) is 35.2 Å². The minimum Gasteiger partial charge on any atom is -0.431 e. The highest BCUT2D eigenvalue weighted by molar-refractivity contribution is 7.99. The topological polar surface area (TPSA) is 38.1 Å². The molecule has 3 nitrogen and oxygen atoms in total. The molecule has 0 saturated heterocycles. The number of nitrogens with one attached hydrogen (secondary N) is 1. The molecule has 18 heavy (non-hydrogen) atoms. The SMILES string of the molecule is CCCNCC(C)CSc1nc2ccccc2o1. The molecule has 0 amide bonds. The van der Waals surface area contributed by atoms with Gasteiger partial charge in [-0.2, -0.15) is 0 Å². The zero-order chi connectivity index (χ0) is 12.8. The first-order valence-electron chi connectivity index (χ1n) is 6.48. The summed E-state index contributed by atoms with van der Waals surface area (Å²) in [6.07, 6.45) is 1.19. The average molecular weight is 264 g/mol. The number of benzene rings is 1. The highest BCUT2D eigenvalue weighted by Crippen LogP contribution is 2.24. The van der Waals surface area contributed by atoms with Crippen molar-refractivity contribution in [1.82, 2.24) is 10.3 Å². The molecule has 0 aliphatic heterocycles. The van der Waals surface area contributed by atoms with E-state index in [1.807, 2.05) is 24.3 Å². The first-order valence-corrected chi connectivity index (χ1v) is 7.47. The zero-order valence-corrected chi connectivity index (χ0v) is 11.8. The highest BCUT2D eigenvalue weighted by atomic mass is 32.2. The van der Waals surface area contributed by atoms with Gasteiger partial charge in [0.05, 0.1) is 0 Å². The molecule has 2 rings (SSSR count). The summed E-state index contributed by atoms with van der Waals surface area (Å²) in [4.78, 5) is 4.46. The minimum atomic E-state index is 0.622. The zero-order valence-electron chi connectivity index (χ0n) is 11.0. The lowest BCUT2D eigenvalue weighted by Crippen LogP contribution is -2.23. The number of hydrogen-bond acceptors (Lipinski definition) is 4. The van der Waals surface area contributed by atoms with E-state index in [9.17, 15) is 0 Å². The van der Waals surface area contributed by atoms with Crippen LogP contribution in [0.1, 0.15) is 20.3 Å². The Balaban J connectivity index is 1.82. The average Bonchev–Trinajstić information content (AvgIpc) is 2.79. The van der Waals surface area contributed by atoms with E-state index in [1.54, 1.807) is 11.8 Å². The molecule has 4 heteroatoms. The monoisotopic (exact) mass is 264 g/mol. The summed E-state index contributed by atoms with van der Waals surface area (Å²) in [5.74, 6) is 1.65. The number of para-hydroxylation sites is 2. The van der Waals surface area contributed by atoms with E-state index >= 15 is 0 Å². The van der Waals surface area contributed by atoms with Gasteiger partial charge in [0.1, 0.15) is 5.52 Å². The summed E-state index contributed by atoms with van der Waals surface area (Å²) >= 11 is 1.69. The predicted octanol–water partition coefficient (Wildman–Crippen LogP) is 3.56. The Kier molecular flexibility index (Phi) is 5.08. The molecule has 1 heterocycles. The molecule has 2 aromatic rings. The van der Waals surface area contributed by atoms with Crippen LogP contribution in [0.2, 0.25) is 0 Å². The number of fused-ring (bicyclic) bond motifs is 1. The molecule has 0 radical (unpaired) electrons. The Bertz CT molecular complexity index is 450. The van der Waals surface area contributed by atoms with E-state index in [4.69, 9.17) is 4.42 Å². The predicted molar refractivity (Wildman–Crippen MR) is 77.1 cm³/mol. The maximum Gasteiger partial charge on any atom is 0.256 e. The van der Waals surface area contributed by atoms with Gasteiger partial charge >= 0.3 is 0 Å². The third-order valence-electron chi connectivity index (χ3n) is 2.69. The number of thioether (sulfide) groups is 1. The summed E-state index contributed by atoms with van der Waals surface area (Å²) < 4.78 is 5.68. The van der Waals surface area contributed by atoms with Crippen molar-refractivity contribution in [3.8, 4) is 0 Å². The molecule has 1 aromatic carbocycles. The van der Waals surface area contributed by atoms with Crippen LogP contribution in [-0.2, 0) is 0 Å². The molecule has 0 saturated carbocycles. The quantitative estimate of drug-likeness (QED) is 0.613. The van der Waals surface area contributed by atoms with E-state index in [-0.39, 0.29) is 0 Å². The maximum absolute atomic E-state index is 5.68. The van der Waals surface area contributed by atoms with Crippen molar-refractivity contribution in [3.05, 3.63) is 24.3 Å². The summed E-state index contributed by atoms with van der Waals surface area (Å²) in [5, 5.41) is 4.21. The fourth-order valence-corrected chi connectivity index (χ4v) is 2.57. The second-order valence-electron chi connectivity index (χ2n) is 4.57. The van der Waals surface area contributed by atoms with Gasteiger partial charge in [-0.25, -0.2) is 4.98 Å². The van der Waals surface area contributed by atoms with E-state index < -0.39 is 0 Å². The van der Waals surface area contributed by atoms with Crippen LogP contribution in [0.3, 0.4) is 0 Å². The van der Waals surface area contributed by atoms with Crippen LogP contribution < -0.4 is 5.32 Å². The first kappa shape index (κ1) is 13.4. The molecule has 98 valence electrons. The first-order chi connectivity index (χ1) is 8.79. The lowest BCUT2D eigenvalue weighted by molar-refractivity contribution is 0.486. The number of hydrogen-bond donors (Lipinski definition) is 1. The van der Waals surface area contributed by atoms with Crippen molar-refractivity contribution in [2.24, 2.45) is 5.92 Å². The van der Waals surface area contributed by atoms with Gasteiger partial charge in [-0.05, 0) is 37.6 Å². The number of rotatable bonds is 7. The van der Waals surface area contributed by atoms with Gasteiger partial charge in [-0.3, -0.25) is 0 Å². The maximum atomic E-state index is 5.68. The van der Waals surface area contributed by atoms with Crippen LogP contribution in [-0.4, -0.2) is 23.8 Å². The number of nitrogens with zero attached hydrogens (tertiary/aromatic N) is 1. The molecule has 0 aliphatic rings. The smallest absolute Gasteiger partial charge is 0.256 e. The molecule has 1 atom stereocenters. The van der Waals surface area contributed by atoms with Gasteiger partial charge in [0.25, 0.3) is 5.22 Å². The van der Waals surface area contributed by atoms with Crippen LogP contribution in [0.25, 0.3) is 11.1 Å². The molecule has 0 bridgehead atoms. The molecule has 1 aromatic heterocycles. The lowest BCUT2D eigenvalue weighted by atomic mass is 10.2. The number of oxazole rings is 1. The Morgan fingerprint density at radius 1 is 1.39 bits per heavy atom. The van der Waals surface area contributed by atoms with Gasteiger partial charge < -0.3 is 9.73 Å². The Morgan fingerprint density at radius 3 is 3.00 bits per heavy atom. The van der Waals surface area contributed by atoms with Gasteiger partial charge in [-0.15, -0.1) is 0 Å². The lowest BCUT2D eigenvalue weighted by Gasteiger charge is -2.10. The largest absolute Gasteiger partial charge is 0.431 e. The molecular formula is C14H20N2OS. The summed E-state index contributed by atoms with van der Waals surface area (Å²) in [6, 6.07) is 7.89. The van der Waals surface area contributed by atoms with Crippen molar-refractivity contribution in [3.63, 3.8) is 0 Å². The highest BCUT2D eigenvalue weighted by Gasteiger charge is 2.08. The van der Waals surface area contributed by atoms with Crippen LogP contribution in [0.15, 0.2) is 33.9 Å². The van der Waals surface area contributed by atoms with Crippen molar-refractivity contribution >= 4 is 22.9 Å². The van der Waals surface area contributed by atoms with Gasteiger partial charge in [0.15, 0.2) is 5.58 Å². The third-order valence-corrected chi connectivity index (χ3v) is 3.84. The van der Waals surface area contributed by atoms with Crippen LogP contribution in [0, 0.1) is 5.92 Å². The number of aromatic nitrogens is 1. The Morgan fingerprint density at radius 2 is 2.22 bits per heavy atom. The van der Waals surface area contributed by atoms with Gasteiger partial charge in [0.2, 0.25) is 0 Å². The molecule has 0 aliphatic carbocycles. The Hall–Kier alpha value is -1.00. The second kappa shape index (κ2) is 6.81. The van der Waals surface area contributed by atoms with Crippen molar-refractivity contribution in [2.75, 3.05) is 18.8 Å². The third kappa shape index (κ3) is 3.75. The van der Waals surface area contributed by atoms with Crippen LogP contribution >= 0.6 is 11.8 Å². The summed E-state index contributed by atoms with van der Waals surface area (Å²) in [6.45, 7) is 6.59. The standard InChI is InChI=1S/C14H20N2OS/c1-3-8-15-9-11(2)10-18-14-16-12-6-4-5-7-13(12)17-14/h4-7,11,15H,3,8-10H2,1-2H3. The van der Waals surface area contributed by atoms with Crippen LogP contribution in [0.4, 0.5) is 0 Å². The second-order valence-corrected chi connectivity index (χ2v) is 5.54. The van der Waals surface area contributed by atoms with Crippen LogP contribution in [0.5, 0.6) is 0 Å². The summed E-state index contributed by atoms with van der Waals surface area (Å²) in [7, 11) is 0. The fourth-order valence-electron chi connectivity index (χ4n) is 1.71. The molecule has 1 unspecified atom stereocenters. The van der Waals surface area contributed by atoms with Gasteiger partial charge in [-0.1, -0.05) is 37.7 Å². The van der Waals surface area contributed by atoms with Crippen molar-refractivity contribution in [1.29, 1.82) is 0 Å². The fraction of sp³-hybridized carbons (Fsp3) is 0.500. The van der Waals surface area contributed by atoms with Crippen molar-refractivity contribution in [2.45, 2.75) is 25.5 Å². The van der Waals surface area contributed by atoms with E-state index in [1.165, 1.54) is 6.42 Å². The molecule has 0 fully saturated rings. The Labute approximate surface area is 112 Å². The molecule has 1 N–H and O–H groups in total. The van der Waals surface area contributed by atoms with E-state index in [0.29, 0.717) is 5.92 Å². The summed E-state index contributed by atoms with van der Waals surface area (Å²) in [5.41, 5.74) is 1.81. The van der Waals surface area contributed by atoms with E-state index in [2.05, 4.69) is 24.1 Å². The normalized spacial score (nSPS) is 13.0. The van der Waals surface area contributed by atoms with Gasteiger partial charge in [0, 0.05) is 5.75 Å². The molecule has 0 spiro atoms. The minimum absolute atomic E-state index is 0.622. The molecular weight excluding hydrogens is 244 g/mol. The van der Waals surface area contributed by atoms with Crippen molar-refractivity contribution < 1.29 is 4.42 Å².